The Labute approximate surface area is 210 Å². The minimum Gasteiger partial charge on any atom is -0.256 e. The Morgan fingerprint density at radius 1 is 0.444 bits per heavy atom. The summed E-state index contributed by atoms with van der Waals surface area (Å²) >= 11 is 0. The van der Waals surface area contributed by atoms with Gasteiger partial charge in [0, 0.05) is 17.1 Å². The molecule has 0 spiro atoms. The molecule has 0 amide bonds. The van der Waals surface area contributed by atoms with Gasteiger partial charge in [-0.05, 0) is 70.1 Å². The van der Waals surface area contributed by atoms with Gasteiger partial charge in [-0.1, -0.05) is 103 Å². The molecule has 1 aromatic heterocycles. The number of halogens is 1. The molecule has 0 fully saturated rings. The number of aryl methyl sites for hydroxylation is 1. The van der Waals surface area contributed by atoms with Gasteiger partial charge in [-0.3, -0.25) is 4.98 Å². The molecule has 0 bridgehead atoms. The minimum atomic E-state index is -0.221. The maximum absolute atomic E-state index is 13.2. The molecule has 0 radical (unpaired) electrons. The number of nitrogens with zero attached hydrogens (tertiary/aromatic N) is 1. The van der Waals surface area contributed by atoms with E-state index in [9.17, 15) is 4.39 Å². The predicted octanol–water partition coefficient (Wildman–Crippen LogP) is 9.35. The number of benzene rings is 5. The Hall–Kier alpha value is -4.56. The molecule has 0 saturated carbocycles. The summed E-state index contributed by atoms with van der Waals surface area (Å²) in [5.74, 6) is -0.221. The zero-order valence-electron chi connectivity index (χ0n) is 19.9. The number of hydrogen-bond donors (Lipinski definition) is 0. The molecule has 36 heavy (non-hydrogen) atoms. The average Bonchev–Trinajstić information content (AvgIpc) is 2.94. The smallest absolute Gasteiger partial charge is 0.123 e. The zero-order valence-corrected chi connectivity index (χ0v) is 19.9. The highest BCUT2D eigenvalue weighted by atomic mass is 19.1. The number of fused-ring (bicyclic) bond motifs is 1. The van der Waals surface area contributed by atoms with Gasteiger partial charge < -0.3 is 0 Å². The third-order valence-electron chi connectivity index (χ3n) is 6.68. The second-order valence-corrected chi connectivity index (χ2v) is 9.16. The number of rotatable bonds is 4. The lowest BCUT2D eigenvalue weighted by Gasteiger charge is -2.08. The third-order valence-corrected chi connectivity index (χ3v) is 6.68. The first-order valence-corrected chi connectivity index (χ1v) is 12.1. The van der Waals surface area contributed by atoms with Gasteiger partial charge in [0.2, 0.25) is 0 Å². The van der Waals surface area contributed by atoms with Crippen molar-refractivity contribution in [2.45, 2.75) is 6.92 Å². The van der Waals surface area contributed by atoms with E-state index in [1.807, 2.05) is 6.20 Å². The molecule has 0 aliphatic carbocycles. The summed E-state index contributed by atoms with van der Waals surface area (Å²) < 4.78 is 13.2. The van der Waals surface area contributed by atoms with Crippen LogP contribution in [-0.4, -0.2) is 4.98 Å². The lowest BCUT2D eigenvalue weighted by molar-refractivity contribution is 0.628. The summed E-state index contributed by atoms with van der Waals surface area (Å²) in [6.45, 7) is 2.11. The van der Waals surface area contributed by atoms with Gasteiger partial charge in [0.1, 0.15) is 5.82 Å². The van der Waals surface area contributed by atoms with Crippen LogP contribution in [0.3, 0.4) is 0 Å². The van der Waals surface area contributed by atoms with Gasteiger partial charge in [0.15, 0.2) is 0 Å². The van der Waals surface area contributed by atoms with Crippen molar-refractivity contribution in [3.63, 3.8) is 0 Å². The highest BCUT2D eigenvalue weighted by Gasteiger charge is 2.06. The minimum absolute atomic E-state index is 0.221. The van der Waals surface area contributed by atoms with Crippen molar-refractivity contribution < 1.29 is 4.39 Å². The van der Waals surface area contributed by atoms with Gasteiger partial charge in [-0.25, -0.2) is 4.39 Å². The van der Waals surface area contributed by atoms with Crippen LogP contribution in [0.15, 0.2) is 128 Å². The van der Waals surface area contributed by atoms with Crippen molar-refractivity contribution in [1.82, 2.24) is 4.98 Å². The van der Waals surface area contributed by atoms with Gasteiger partial charge in [-0.2, -0.15) is 0 Å². The molecule has 0 unspecified atom stereocenters. The summed E-state index contributed by atoms with van der Waals surface area (Å²) in [5.41, 5.74) is 11.2. The molecular weight excluding hydrogens is 441 g/mol. The van der Waals surface area contributed by atoms with Crippen LogP contribution in [0.2, 0.25) is 0 Å². The van der Waals surface area contributed by atoms with Crippen LogP contribution in [-0.2, 0) is 0 Å². The summed E-state index contributed by atoms with van der Waals surface area (Å²) in [4.78, 5) is 4.77. The molecular formula is C34H24FN. The van der Waals surface area contributed by atoms with E-state index in [1.165, 1.54) is 28.8 Å². The molecule has 6 aromatic rings. The molecule has 2 heteroatoms. The zero-order chi connectivity index (χ0) is 24.5. The quantitative estimate of drug-likeness (QED) is 0.253. The van der Waals surface area contributed by atoms with E-state index in [-0.39, 0.29) is 5.82 Å². The lowest BCUT2D eigenvalue weighted by atomic mass is 9.98. The van der Waals surface area contributed by atoms with Gasteiger partial charge in [0.25, 0.3) is 0 Å². The van der Waals surface area contributed by atoms with Crippen LogP contribution < -0.4 is 0 Å². The second-order valence-electron chi connectivity index (χ2n) is 9.16. The van der Waals surface area contributed by atoms with Crippen LogP contribution in [0.5, 0.6) is 0 Å². The highest BCUT2D eigenvalue weighted by Crippen LogP contribution is 2.30. The molecule has 1 nitrogen and oxygen atoms in total. The molecule has 5 aromatic carbocycles. The van der Waals surface area contributed by atoms with Crippen molar-refractivity contribution in [3.05, 3.63) is 139 Å². The van der Waals surface area contributed by atoms with Crippen LogP contribution in [0.25, 0.3) is 55.4 Å². The van der Waals surface area contributed by atoms with Crippen molar-refractivity contribution >= 4 is 10.9 Å². The van der Waals surface area contributed by atoms with Gasteiger partial charge >= 0.3 is 0 Å². The maximum atomic E-state index is 13.2. The Kier molecular flexibility index (Phi) is 5.63. The van der Waals surface area contributed by atoms with E-state index in [0.29, 0.717) is 0 Å². The fraction of sp³-hybridized carbons (Fsp3) is 0.0294. The molecule has 0 atom stereocenters. The molecule has 172 valence electrons. The Morgan fingerprint density at radius 2 is 0.861 bits per heavy atom. The summed E-state index contributed by atoms with van der Waals surface area (Å²) in [6.07, 6.45) is 1.95. The molecule has 0 saturated heterocycles. The topological polar surface area (TPSA) is 12.9 Å². The molecule has 0 N–H and O–H groups in total. The predicted molar refractivity (Wildman–Crippen MR) is 148 cm³/mol. The lowest BCUT2D eigenvalue weighted by Crippen LogP contribution is -1.86. The van der Waals surface area contributed by atoms with Crippen molar-refractivity contribution in [3.8, 4) is 44.5 Å². The fourth-order valence-electron chi connectivity index (χ4n) is 4.56. The van der Waals surface area contributed by atoms with E-state index < -0.39 is 0 Å². The summed E-state index contributed by atoms with van der Waals surface area (Å²) in [7, 11) is 0. The third kappa shape index (κ3) is 4.42. The first kappa shape index (κ1) is 21.9. The van der Waals surface area contributed by atoms with E-state index in [4.69, 9.17) is 4.98 Å². The van der Waals surface area contributed by atoms with E-state index >= 15 is 0 Å². The van der Waals surface area contributed by atoms with Crippen LogP contribution in [0.4, 0.5) is 4.39 Å². The highest BCUT2D eigenvalue weighted by molar-refractivity contribution is 5.88. The van der Waals surface area contributed by atoms with E-state index in [1.54, 1.807) is 12.1 Å². The largest absolute Gasteiger partial charge is 0.256 e. The molecule has 6 rings (SSSR count). The van der Waals surface area contributed by atoms with Gasteiger partial charge in [0.05, 0.1) is 5.52 Å². The fourth-order valence-corrected chi connectivity index (χ4v) is 4.56. The Balaban J connectivity index is 1.25. The van der Waals surface area contributed by atoms with Gasteiger partial charge in [-0.15, -0.1) is 0 Å². The van der Waals surface area contributed by atoms with E-state index in [0.717, 1.165) is 44.3 Å². The molecule has 1 heterocycles. The Morgan fingerprint density at radius 3 is 1.42 bits per heavy atom. The standard InChI is InChI=1S/C34H24FN/c1-23-2-4-24(5-3-23)25-8-12-29(13-9-25)32-20-31-15-14-30(21-34(31)36-22-32)28-10-6-26(7-11-28)27-16-18-33(35)19-17-27/h2-22H,1H3. The normalized spacial score (nSPS) is 11.1. The van der Waals surface area contributed by atoms with Crippen LogP contribution in [0.1, 0.15) is 5.56 Å². The van der Waals surface area contributed by atoms with Crippen molar-refractivity contribution in [2.75, 3.05) is 0 Å². The second kappa shape index (κ2) is 9.24. The molecule has 0 aliphatic heterocycles. The van der Waals surface area contributed by atoms with Crippen LogP contribution >= 0.6 is 0 Å². The monoisotopic (exact) mass is 465 g/mol. The summed E-state index contributed by atoms with van der Waals surface area (Å²) in [6, 6.07) is 40.8. The number of pyridine rings is 1. The summed E-state index contributed by atoms with van der Waals surface area (Å²) in [5, 5.41) is 1.11. The number of aromatic nitrogens is 1. The first-order chi connectivity index (χ1) is 17.6. The van der Waals surface area contributed by atoms with E-state index in [2.05, 4.69) is 104 Å². The molecule has 0 aliphatic rings. The Bertz CT molecular complexity index is 1520. The number of hydrogen-bond acceptors (Lipinski definition) is 1. The first-order valence-electron chi connectivity index (χ1n) is 12.1. The average molecular weight is 466 g/mol. The van der Waals surface area contributed by atoms with Crippen molar-refractivity contribution in [2.24, 2.45) is 0 Å². The van der Waals surface area contributed by atoms with Crippen LogP contribution in [0, 0.1) is 12.7 Å². The SMILES string of the molecule is Cc1ccc(-c2ccc(-c3cnc4cc(-c5ccc(-c6ccc(F)cc6)cc5)ccc4c3)cc2)cc1. The maximum Gasteiger partial charge on any atom is 0.123 e. The van der Waals surface area contributed by atoms with Crippen molar-refractivity contribution in [1.29, 1.82) is 0 Å².